The predicted octanol–water partition coefficient (Wildman–Crippen LogP) is 6.00. The van der Waals surface area contributed by atoms with Crippen molar-refractivity contribution in [2.45, 2.75) is 129 Å². The van der Waals surface area contributed by atoms with E-state index >= 15 is 0 Å². The Hall–Kier alpha value is -5.58. The smallest absolute Gasteiger partial charge is 0.293 e. The Balaban J connectivity index is 0.759. The number of carbonyl (C=O) groups excluding carboxylic acids is 4. The summed E-state index contributed by atoms with van der Waals surface area (Å²) in [5, 5.41) is 6.89. The van der Waals surface area contributed by atoms with E-state index in [4.69, 9.17) is 26.1 Å². The third-order valence-electron chi connectivity index (χ3n) is 13.7. The number of hydrogen-bond donors (Lipinski definition) is 2. The number of fused-ring (bicyclic) bond motifs is 2. The molecule has 3 atom stereocenters. The lowest BCUT2D eigenvalue weighted by atomic mass is 9.86. The summed E-state index contributed by atoms with van der Waals surface area (Å²) in [7, 11) is 0. The van der Waals surface area contributed by atoms with Crippen LogP contribution in [0.1, 0.15) is 102 Å². The normalized spacial score (nSPS) is 24.1. The highest BCUT2D eigenvalue weighted by atomic mass is 35.5. The molecule has 0 radical (unpaired) electrons. The van der Waals surface area contributed by atoms with Gasteiger partial charge < -0.3 is 34.1 Å². The molecule has 3 saturated heterocycles. The molecule has 2 aromatic carbocycles. The number of piperidine rings is 2. The summed E-state index contributed by atoms with van der Waals surface area (Å²) in [5.41, 5.74) is 3.85. The molecule has 2 aromatic heterocycles. The van der Waals surface area contributed by atoms with Gasteiger partial charge in [0.2, 0.25) is 17.8 Å². The van der Waals surface area contributed by atoms with E-state index in [0.717, 1.165) is 79.7 Å². The summed E-state index contributed by atoms with van der Waals surface area (Å²) in [4.78, 5) is 81.1. The lowest BCUT2D eigenvalue weighted by Crippen LogP contribution is -2.62. The van der Waals surface area contributed by atoms with Crippen LogP contribution >= 0.6 is 11.6 Å². The van der Waals surface area contributed by atoms with Crippen molar-refractivity contribution in [2.75, 3.05) is 47.9 Å². The molecule has 4 fully saturated rings. The molecule has 4 aliphatic heterocycles. The van der Waals surface area contributed by atoms with Crippen LogP contribution in [0.25, 0.3) is 10.9 Å². The summed E-state index contributed by atoms with van der Waals surface area (Å²) in [6.07, 6.45) is 6.73. The molecule has 6 heterocycles. The second-order valence-electron chi connectivity index (χ2n) is 18.6. The van der Waals surface area contributed by atoms with E-state index in [1.54, 1.807) is 28.7 Å². The van der Waals surface area contributed by atoms with Crippen LogP contribution in [-0.4, -0.2) is 117 Å². The lowest BCUT2D eigenvalue weighted by Gasteiger charge is -2.52. The van der Waals surface area contributed by atoms with E-state index in [0.29, 0.717) is 47.8 Å². The number of nitrogens with one attached hydrogen (secondary N) is 2. The molecule has 344 valence electrons. The van der Waals surface area contributed by atoms with Gasteiger partial charge in [-0.25, -0.2) is 4.98 Å². The molecule has 65 heavy (non-hydrogen) atoms. The van der Waals surface area contributed by atoms with Crippen molar-refractivity contribution in [1.82, 2.24) is 29.7 Å². The van der Waals surface area contributed by atoms with Crippen LogP contribution in [0.4, 0.5) is 23.1 Å². The summed E-state index contributed by atoms with van der Waals surface area (Å²) in [5.74, 6) is 0.291. The molecule has 16 nitrogen and oxygen atoms in total. The van der Waals surface area contributed by atoms with E-state index in [1.165, 1.54) is 0 Å². The Kier molecular flexibility index (Phi) is 12.6. The quantitative estimate of drug-likeness (QED) is 0.150. The van der Waals surface area contributed by atoms with Crippen molar-refractivity contribution in [2.24, 2.45) is 0 Å². The molecule has 1 saturated carbocycles. The van der Waals surface area contributed by atoms with Gasteiger partial charge >= 0.3 is 0 Å². The van der Waals surface area contributed by atoms with Crippen molar-refractivity contribution in [1.29, 1.82) is 0 Å². The number of aromatic nitrogens is 3. The number of carbonyl (C=O) groups is 4. The topological polar surface area (TPSA) is 172 Å². The van der Waals surface area contributed by atoms with Gasteiger partial charge in [-0.05, 0) is 108 Å². The number of pyridine rings is 1. The minimum atomic E-state index is -0.621. The maximum atomic E-state index is 13.3. The molecule has 5 aliphatic rings. The van der Waals surface area contributed by atoms with Gasteiger partial charge in [0.15, 0.2) is 17.4 Å². The Morgan fingerprint density at radius 3 is 2.43 bits per heavy atom. The van der Waals surface area contributed by atoms with Gasteiger partial charge in [0, 0.05) is 92.1 Å². The molecule has 3 amide bonds. The highest BCUT2D eigenvalue weighted by molar-refractivity contribution is 6.33. The first-order chi connectivity index (χ1) is 31.2. The van der Waals surface area contributed by atoms with Crippen LogP contribution in [0.3, 0.4) is 0 Å². The molecular weight excluding hydrogens is 850 g/mol. The molecule has 0 spiro atoms. The van der Waals surface area contributed by atoms with Crippen molar-refractivity contribution in [3.05, 3.63) is 75.2 Å². The van der Waals surface area contributed by atoms with E-state index < -0.39 is 11.9 Å². The standard InChI is InChI=1S/C48H58ClN9O7/c1-6-35(59)26-64-42-19-30-17-32(7-10-40(30)57(27(2)3)47(42)63)51-44-39(49)22-50-48(53-44)54-15-13-36(14-16-54)65-37-20-34(21-37)55-23-28(4)58(29(5)24-55)33-8-9-38-31(18-33)25-56(46(38)62)41-11-12-43(60)52-45(41)61/h7-10,17-19,22,27-29,34,36-37,41H,6,11-16,20-21,23-26H2,1-5H3,(H,50,51,53)(H,52,60,61)/t28-,29+,34?,37?,41?. The fourth-order valence-electron chi connectivity index (χ4n) is 10.3. The molecule has 0 bridgehead atoms. The van der Waals surface area contributed by atoms with Gasteiger partial charge in [0.05, 0.1) is 23.9 Å². The maximum absolute atomic E-state index is 13.3. The van der Waals surface area contributed by atoms with E-state index in [9.17, 15) is 24.0 Å². The molecule has 9 rings (SSSR count). The minimum absolute atomic E-state index is 0.0821. The summed E-state index contributed by atoms with van der Waals surface area (Å²) in [6.45, 7) is 13.8. The van der Waals surface area contributed by atoms with Crippen LogP contribution in [0.5, 0.6) is 5.75 Å². The zero-order valence-electron chi connectivity index (χ0n) is 37.7. The average Bonchev–Trinajstić information content (AvgIpc) is 3.59. The monoisotopic (exact) mass is 907 g/mol. The lowest BCUT2D eigenvalue weighted by molar-refractivity contribution is -0.137. The number of anilines is 4. The zero-order chi connectivity index (χ0) is 45.7. The van der Waals surface area contributed by atoms with Gasteiger partial charge in [-0.3, -0.25) is 34.2 Å². The van der Waals surface area contributed by atoms with Crippen molar-refractivity contribution in [3.8, 4) is 5.75 Å². The number of ether oxygens (including phenoxy) is 2. The molecule has 1 aliphatic carbocycles. The third kappa shape index (κ3) is 9.04. The summed E-state index contributed by atoms with van der Waals surface area (Å²) < 4.78 is 14.0. The maximum Gasteiger partial charge on any atom is 0.293 e. The fraction of sp³-hybridized carbons (Fsp3) is 0.521. The molecule has 4 aromatic rings. The number of hydrogen-bond acceptors (Lipinski definition) is 13. The Labute approximate surface area is 383 Å². The van der Waals surface area contributed by atoms with E-state index in [1.807, 2.05) is 44.2 Å². The highest BCUT2D eigenvalue weighted by Crippen LogP contribution is 2.37. The molecule has 17 heteroatoms. The van der Waals surface area contributed by atoms with E-state index in [-0.39, 0.29) is 72.3 Å². The van der Waals surface area contributed by atoms with Crippen LogP contribution in [0.15, 0.2) is 53.5 Å². The second kappa shape index (κ2) is 18.4. The number of nitrogens with zero attached hydrogens (tertiary/aromatic N) is 7. The highest BCUT2D eigenvalue weighted by Gasteiger charge is 2.42. The fourth-order valence-corrected chi connectivity index (χ4v) is 10.5. The number of imide groups is 1. The predicted molar refractivity (Wildman–Crippen MR) is 248 cm³/mol. The van der Waals surface area contributed by atoms with Crippen LogP contribution < -0.4 is 30.7 Å². The van der Waals surface area contributed by atoms with E-state index in [2.05, 4.69) is 50.2 Å². The first-order valence-corrected chi connectivity index (χ1v) is 23.5. The number of amides is 3. The largest absolute Gasteiger partial charge is 0.480 e. The van der Waals surface area contributed by atoms with Crippen LogP contribution in [0, 0.1) is 0 Å². The molecule has 2 N–H and O–H groups in total. The third-order valence-corrected chi connectivity index (χ3v) is 14.0. The SMILES string of the molecule is CCC(=O)COc1cc2cc(Nc3nc(N4CCC(OC5CC(N6C[C@@H](C)N(c7ccc8c(c7)CN(C7CCC(=O)NC7=O)C8=O)[C@@H](C)C6)C5)CC4)ncc3Cl)ccc2n(C(C)C)c1=O. The number of halogens is 1. The van der Waals surface area contributed by atoms with Crippen molar-refractivity contribution < 1.29 is 28.7 Å². The first-order valence-electron chi connectivity index (χ1n) is 23.1. The summed E-state index contributed by atoms with van der Waals surface area (Å²) in [6, 6.07) is 13.7. The number of benzene rings is 2. The number of ketones is 1. The molecule has 1 unspecified atom stereocenters. The Bertz CT molecular complexity index is 2560. The Morgan fingerprint density at radius 2 is 1.72 bits per heavy atom. The first kappa shape index (κ1) is 44.6. The minimum Gasteiger partial charge on any atom is -0.480 e. The number of piperazine rings is 1. The molecular formula is C48H58ClN9O7. The number of rotatable bonds is 13. The zero-order valence-corrected chi connectivity index (χ0v) is 38.5. The van der Waals surface area contributed by atoms with Crippen LogP contribution in [0.2, 0.25) is 5.02 Å². The number of Topliss-reactive ketones (excluding diaryl/α,β-unsaturated/α-hetero) is 1. The van der Waals surface area contributed by atoms with Gasteiger partial charge in [-0.1, -0.05) is 18.5 Å². The van der Waals surface area contributed by atoms with Crippen molar-refractivity contribution >= 4 is 69.1 Å². The van der Waals surface area contributed by atoms with Gasteiger partial charge in [-0.15, -0.1) is 0 Å². The summed E-state index contributed by atoms with van der Waals surface area (Å²) >= 11 is 6.62. The Morgan fingerprint density at radius 1 is 0.969 bits per heavy atom. The van der Waals surface area contributed by atoms with Gasteiger partial charge in [0.25, 0.3) is 11.5 Å². The van der Waals surface area contributed by atoms with Crippen molar-refractivity contribution in [3.63, 3.8) is 0 Å². The second-order valence-corrected chi connectivity index (χ2v) is 19.0. The average molecular weight is 909 g/mol. The van der Waals surface area contributed by atoms with Crippen LogP contribution in [-0.2, 0) is 25.7 Å². The van der Waals surface area contributed by atoms with Gasteiger partial charge in [0.1, 0.15) is 17.7 Å². The van der Waals surface area contributed by atoms with Gasteiger partial charge in [-0.2, -0.15) is 4.98 Å².